The summed E-state index contributed by atoms with van der Waals surface area (Å²) in [4.78, 5) is 28.8. The first kappa shape index (κ1) is 21.2. The molecule has 2 saturated heterocycles. The highest BCUT2D eigenvalue weighted by Crippen LogP contribution is 2.20. The van der Waals surface area contributed by atoms with Crippen molar-refractivity contribution in [1.29, 1.82) is 0 Å². The molecular weight excluding hydrogens is 405 g/mol. The lowest BCUT2D eigenvalue weighted by atomic mass is 10.1. The molecule has 2 aromatic rings. The average molecular weight is 431 g/mol. The molecule has 1 aromatic carbocycles. The van der Waals surface area contributed by atoms with Gasteiger partial charge in [-0.25, -0.2) is 9.07 Å². The molecule has 2 aliphatic rings. The molecule has 0 saturated carbocycles. The minimum Gasteiger partial charge on any atom is -0.478 e. The lowest BCUT2D eigenvalue weighted by Crippen LogP contribution is -2.53. The maximum absolute atomic E-state index is 13.8. The van der Waals surface area contributed by atoms with Gasteiger partial charge in [0, 0.05) is 39.4 Å². The van der Waals surface area contributed by atoms with Crippen molar-refractivity contribution in [3.63, 3.8) is 0 Å². The minimum absolute atomic E-state index is 0.0461. The molecule has 1 atom stereocenters. The summed E-state index contributed by atoms with van der Waals surface area (Å²) < 4.78 is 26.4. The molecule has 0 N–H and O–H groups in total. The van der Waals surface area contributed by atoms with Crippen LogP contribution in [0.25, 0.3) is 0 Å². The quantitative estimate of drug-likeness (QED) is 0.713. The molecule has 0 aliphatic carbocycles. The molecule has 2 amide bonds. The molecule has 0 spiro atoms. The van der Waals surface area contributed by atoms with E-state index in [0.29, 0.717) is 45.1 Å². The smallest absolute Gasteiger partial charge is 0.276 e. The summed E-state index contributed by atoms with van der Waals surface area (Å²) in [6.45, 7) is 4.50. The van der Waals surface area contributed by atoms with Crippen LogP contribution in [-0.4, -0.2) is 82.1 Å². The van der Waals surface area contributed by atoms with Crippen LogP contribution in [0.3, 0.4) is 0 Å². The van der Waals surface area contributed by atoms with Crippen molar-refractivity contribution < 1.29 is 23.5 Å². The minimum atomic E-state index is -0.821. The zero-order valence-corrected chi connectivity index (χ0v) is 17.4. The Morgan fingerprint density at radius 1 is 1.13 bits per heavy atom. The van der Waals surface area contributed by atoms with Crippen molar-refractivity contribution in [1.82, 2.24) is 24.8 Å². The maximum atomic E-state index is 13.8. The normalized spacial score (nSPS) is 18.6. The van der Waals surface area contributed by atoms with Crippen LogP contribution in [0.15, 0.2) is 30.5 Å². The third-order valence-corrected chi connectivity index (χ3v) is 5.66. The Bertz CT molecular complexity index is 922. The first-order valence-electron chi connectivity index (χ1n) is 10.5. The number of carbonyl (C=O) groups is 2. The largest absolute Gasteiger partial charge is 0.478 e. The second kappa shape index (κ2) is 9.42. The van der Waals surface area contributed by atoms with Crippen LogP contribution < -0.4 is 4.74 Å². The average Bonchev–Trinajstić information content (AvgIpc) is 3.31. The van der Waals surface area contributed by atoms with Gasteiger partial charge in [-0.05, 0) is 31.9 Å². The van der Waals surface area contributed by atoms with E-state index < -0.39 is 11.9 Å². The van der Waals surface area contributed by atoms with Gasteiger partial charge in [0.15, 0.2) is 23.4 Å². The van der Waals surface area contributed by atoms with Gasteiger partial charge in [0.25, 0.3) is 11.8 Å². The molecule has 10 heteroatoms. The Morgan fingerprint density at radius 3 is 2.52 bits per heavy atom. The fraction of sp³-hybridized carbons (Fsp3) is 0.524. The van der Waals surface area contributed by atoms with E-state index in [9.17, 15) is 14.0 Å². The molecule has 2 aliphatic heterocycles. The van der Waals surface area contributed by atoms with Gasteiger partial charge in [-0.1, -0.05) is 17.3 Å². The highest BCUT2D eigenvalue weighted by molar-refractivity contribution is 5.92. The number of piperazine rings is 1. The van der Waals surface area contributed by atoms with E-state index in [-0.39, 0.29) is 23.6 Å². The summed E-state index contributed by atoms with van der Waals surface area (Å²) in [5, 5.41) is 8.17. The number of hydrogen-bond donors (Lipinski definition) is 0. The lowest BCUT2D eigenvalue weighted by molar-refractivity contribution is -0.139. The number of nitrogens with zero attached hydrogens (tertiary/aromatic N) is 5. The van der Waals surface area contributed by atoms with Crippen LogP contribution in [-0.2, 0) is 9.53 Å². The van der Waals surface area contributed by atoms with Crippen LogP contribution in [0.4, 0.5) is 4.39 Å². The second-order valence-corrected chi connectivity index (χ2v) is 7.74. The van der Waals surface area contributed by atoms with Crippen LogP contribution in [0.1, 0.15) is 36.3 Å². The number of benzene rings is 1. The molecule has 1 unspecified atom stereocenters. The molecule has 9 nitrogen and oxygen atoms in total. The van der Waals surface area contributed by atoms with E-state index in [0.717, 1.165) is 12.8 Å². The van der Waals surface area contributed by atoms with Crippen molar-refractivity contribution in [2.45, 2.75) is 31.9 Å². The van der Waals surface area contributed by atoms with E-state index in [1.54, 1.807) is 39.7 Å². The number of hydrogen-bond acceptors (Lipinski definition) is 6. The molecule has 0 radical (unpaired) electrons. The summed E-state index contributed by atoms with van der Waals surface area (Å²) in [6.07, 6.45) is 2.58. The van der Waals surface area contributed by atoms with E-state index in [1.807, 2.05) is 0 Å². The van der Waals surface area contributed by atoms with Crippen molar-refractivity contribution >= 4 is 11.8 Å². The van der Waals surface area contributed by atoms with Crippen molar-refractivity contribution in [2.75, 3.05) is 39.4 Å². The van der Waals surface area contributed by atoms with Crippen LogP contribution >= 0.6 is 0 Å². The molecule has 0 bridgehead atoms. The summed E-state index contributed by atoms with van der Waals surface area (Å²) in [5.74, 6) is -0.891. The number of halogens is 1. The van der Waals surface area contributed by atoms with Gasteiger partial charge < -0.3 is 19.3 Å². The van der Waals surface area contributed by atoms with Crippen LogP contribution in [0.5, 0.6) is 5.75 Å². The predicted octanol–water partition coefficient (Wildman–Crippen LogP) is 1.52. The molecule has 31 heavy (non-hydrogen) atoms. The van der Waals surface area contributed by atoms with Crippen LogP contribution in [0, 0.1) is 5.82 Å². The zero-order chi connectivity index (χ0) is 21.8. The van der Waals surface area contributed by atoms with Crippen LogP contribution in [0.2, 0.25) is 0 Å². The third kappa shape index (κ3) is 4.84. The summed E-state index contributed by atoms with van der Waals surface area (Å²) in [5.41, 5.74) is 0.308. The Labute approximate surface area is 179 Å². The first-order valence-corrected chi connectivity index (χ1v) is 10.5. The topological polar surface area (TPSA) is 89.8 Å². The van der Waals surface area contributed by atoms with Gasteiger partial charge in [-0.3, -0.25) is 9.59 Å². The molecule has 1 aromatic heterocycles. The molecule has 3 heterocycles. The van der Waals surface area contributed by atoms with Gasteiger partial charge in [0.1, 0.15) is 0 Å². The van der Waals surface area contributed by atoms with Crippen molar-refractivity contribution in [2.24, 2.45) is 0 Å². The fourth-order valence-corrected chi connectivity index (χ4v) is 3.83. The molecular formula is C21H26FN5O4. The number of para-hydroxylation sites is 1. The molecule has 4 rings (SSSR count). The van der Waals surface area contributed by atoms with Crippen molar-refractivity contribution in [3.05, 3.63) is 42.0 Å². The van der Waals surface area contributed by atoms with Gasteiger partial charge in [0.05, 0.1) is 12.2 Å². The fourth-order valence-electron chi connectivity index (χ4n) is 3.83. The number of aromatic nitrogens is 3. The van der Waals surface area contributed by atoms with E-state index in [4.69, 9.17) is 9.47 Å². The number of ether oxygens (including phenoxy) is 2. The SMILES string of the molecule is CC(Oc1ccccc1F)C(=O)N1CCN(C(=O)c2cn(C3CCOCC3)nn2)CC1. The van der Waals surface area contributed by atoms with Gasteiger partial charge in [0.2, 0.25) is 0 Å². The standard InChI is InChI=1S/C21H26FN5O4/c1-15(31-19-5-3-2-4-17(19)22)20(28)25-8-10-26(11-9-25)21(29)18-14-27(24-23-18)16-6-12-30-13-7-16/h2-5,14-16H,6-13H2,1H3. The van der Waals surface area contributed by atoms with E-state index >= 15 is 0 Å². The zero-order valence-electron chi connectivity index (χ0n) is 17.4. The lowest BCUT2D eigenvalue weighted by Gasteiger charge is -2.35. The first-order chi connectivity index (χ1) is 15.0. The number of amides is 2. The highest BCUT2D eigenvalue weighted by Gasteiger charge is 2.30. The Morgan fingerprint density at radius 2 is 1.81 bits per heavy atom. The van der Waals surface area contributed by atoms with E-state index in [2.05, 4.69) is 10.3 Å². The Balaban J connectivity index is 1.30. The number of carbonyl (C=O) groups excluding carboxylic acids is 2. The monoisotopic (exact) mass is 431 g/mol. The van der Waals surface area contributed by atoms with Crippen molar-refractivity contribution in [3.8, 4) is 5.75 Å². The number of rotatable bonds is 5. The second-order valence-electron chi connectivity index (χ2n) is 7.74. The maximum Gasteiger partial charge on any atom is 0.276 e. The summed E-state index contributed by atoms with van der Waals surface area (Å²) >= 11 is 0. The Kier molecular flexibility index (Phi) is 6.45. The van der Waals surface area contributed by atoms with E-state index in [1.165, 1.54) is 12.1 Å². The summed E-state index contributed by atoms with van der Waals surface area (Å²) in [6, 6.07) is 6.19. The highest BCUT2D eigenvalue weighted by atomic mass is 19.1. The third-order valence-electron chi connectivity index (χ3n) is 5.66. The molecule has 2 fully saturated rings. The molecule has 166 valence electrons. The van der Waals surface area contributed by atoms with Gasteiger partial charge in [-0.15, -0.1) is 5.10 Å². The van der Waals surface area contributed by atoms with Gasteiger partial charge in [-0.2, -0.15) is 0 Å². The van der Waals surface area contributed by atoms with Gasteiger partial charge >= 0.3 is 0 Å². The predicted molar refractivity (Wildman–Crippen MR) is 108 cm³/mol. The Hall–Kier alpha value is -3.01. The summed E-state index contributed by atoms with van der Waals surface area (Å²) in [7, 11) is 0.